The standard InChI is InChI=1S/C6H4FNO7S2/c7-4-1-5(16(10,11)12)8-6(3(4)2-9)17(13,14)15/h1-2H,(H,10,11,12)(H,13,14,15). The predicted molar refractivity (Wildman–Crippen MR) is 49.2 cm³/mol. The Hall–Kier alpha value is -1.43. The summed E-state index contributed by atoms with van der Waals surface area (Å²) >= 11 is 0. The molecule has 0 saturated carbocycles. The first-order valence-electron chi connectivity index (χ1n) is 3.68. The molecule has 1 aromatic rings. The molecule has 0 aliphatic heterocycles. The van der Waals surface area contributed by atoms with Crippen molar-refractivity contribution in [1.82, 2.24) is 4.98 Å². The van der Waals surface area contributed by atoms with Crippen molar-refractivity contribution in [2.75, 3.05) is 0 Å². The number of halogens is 1. The summed E-state index contributed by atoms with van der Waals surface area (Å²) in [5, 5.41) is -2.83. The van der Waals surface area contributed by atoms with Gasteiger partial charge in [0.25, 0.3) is 0 Å². The zero-order valence-corrected chi connectivity index (χ0v) is 9.37. The molecule has 0 spiro atoms. The van der Waals surface area contributed by atoms with E-state index >= 15 is 0 Å². The summed E-state index contributed by atoms with van der Waals surface area (Å²) in [4.78, 5) is 13.2. The molecule has 1 rings (SSSR count). The van der Waals surface area contributed by atoms with Gasteiger partial charge in [-0.2, -0.15) is 16.8 Å². The molecular formula is C6H4FNO7S2. The number of aromatic nitrogens is 1. The van der Waals surface area contributed by atoms with Crippen molar-refractivity contribution < 1.29 is 35.1 Å². The van der Waals surface area contributed by atoms with Crippen molar-refractivity contribution in [2.45, 2.75) is 10.1 Å². The molecule has 1 aromatic heterocycles. The summed E-state index contributed by atoms with van der Waals surface area (Å²) < 4.78 is 73.0. The summed E-state index contributed by atoms with van der Waals surface area (Å²) in [6.45, 7) is 0. The Kier molecular flexibility index (Phi) is 3.29. The van der Waals surface area contributed by atoms with E-state index in [1.807, 2.05) is 0 Å². The van der Waals surface area contributed by atoms with Gasteiger partial charge in [0.15, 0.2) is 16.3 Å². The number of pyridine rings is 1. The topological polar surface area (TPSA) is 139 Å². The first kappa shape index (κ1) is 13.6. The molecule has 0 aliphatic carbocycles. The van der Waals surface area contributed by atoms with Gasteiger partial charge >= 0.3 is 20.2 Å². The SMILES string of the molecule is O=Cc1c(F)cc(S(=O)(=O)O)nc1S(=O)(=O)O. The fraction of sp³-hybridized carbons (Fsp3) is 0. The molecule has 0 bridgehead atoms. The van der Waals surface area contributed by atoms with E-state index in [4.69, 9.17) is 9.11 Å². The van der Waals surface area contributed by atoms with Gasteiger partial charge in [0, 0.05) is 6.07 Å². The fourth-order valence-corrected chi connectivity index (χ4v) is 2.07. The van der Waals surface area contributed by atoms with Crippen molar-refractivity contribution >= 4 is 26.5 Å². The molecule has 0 unspecified atom stereocenters. The minimum atomic E-state index is -5.11. The third-order valence-corrected chi connectivity index (χ3v) is 3.11. The van der Waals surface area contributed by atoms with Gasteiger partial charge in [-0.15, -0.1) is 0 Å². The average Bonchev–Trinajstić information content (AvgIpc) is 2.13. The maximum atomic E-state index is 13.1. The number of carbonyl (C=O) groups excluding carboxylic acids is 1. The van der Waals surface area contributed by atoms with Gasteiger partial charge in [-0.05, 0) is 0 Å². The summed E-state index contributed by atoms with van der Waals surface area (Å²) in [5.74, 6) is -1.56. The summed E-state index contributed by atoms with van der Waals surface area (Å²) in [5.41, 5.74) is -1.14. The number of rotatable bonds is 3. The molecule has 1 heterocycles. The molecule has 0 aliphatic rings. The Morgan fingerprint density at radius 3 is 2.06 bits per heavy atom. The van der Waals surface area contributed by atoms with E-state index in [1.165, 1.54) is 0 Å². The van der Waals surface area contributed by atoms with E-state index in [-0.39, 0.29) is 12.4 Å². The molecule has 0 amide bonds. The molecule has 11 heteroatoms. The van der Waals surface area contributed by atoms with Crippen LogP contribution in [0.1, 0.15) is 10.4 Å². The van der Waals surface area contributed by atoms with Crippen molar-refractivity contribution in [2.24, 2.45) is 0 Å². The lowest BCUT2D eigenvalue weighted by atomic mass is 10.3. The van der Waals surface area contributed by atoms with E-state index in [1.54, 1.807) is 0 Å². The third-order valence-electron chi connectivity index (χ3n) is 1.58. The molecule has 17 heavy (non-hydrogen) atoms. The number of hydrogen-bond acceptors (Lipinski definition) is 6. The molecular weight excluding hydrogens is 281 g/mol. The second-order valence-electron chi connectivity index (χ2n) is 2.73. The van der Waals surface area contributed by atoms with Crippen molar-refractivity contribution in [1.29, 1.82) is 0 Å². The quantitative estimate of drug-likeness (QED) is 0.561. The van der Waals surface area contributed by atoms with Crippen LogP contribution in [0.3, 0.4) is 0 Å². The Morgan fingerprint density at radius 1 is 1.18 bits per heavy atom. The van der Waals surface area contributed by atoms with E-state index < -0.39 is 41.7 Å². The van der Waals surface area contributed by atoms with Crippen LogP contribution < -0.4 is 0 Å². The third kappa shape index (κ3) is 2.82. The Bertz CT molecular complexity index is 679. The lowest BCUT2D eigenvalue weighted by molar-refractivity contribution is 0.111. The van der Waals surface area contributed by atoms with Gasteiger partial charge in [0.2, 0.25) is 0 Å². The first-order chi connectivity index (χ1) is 7.57. The van der Waals surface area contributed by atoms with Crippen LogP contribution in [0, 0.1) is 5.82 Å². The monoisotopic (exact) mass is 285 g/mol. The van der Waals surface area contributed by atoms with Crippen molar-refractivity contribution in [3.8, 4) is 0 Å². The molecule has 0 atom stereocenters. The average molecular weight is 285 g/mol. The highest BCUT2D eigenvalue weighted by Gasteiger charge is 2.25. The molecule has 2 N–H and O–H groups in total. The van der Waals surface area contributed by atoms with Gasteiger partial charge in [-0.3, -0.25) is 13.9 Å². The highest BCUT2D eigenvalue weighted by molar-refractivity contribution is 7.86. The second-order valence-corrected chi connectivity index (χ2v) is 5.43. The first-order valence-corrected chi connectivity index (χ1v) is 6.56. The van der Waals surface area contributed by atoms with Crippen molar-refractivity contribution in [3.05, 3.63) is 17.4 Å². The van der Waals surface area contributed by atoms with E-state index in [0.29, 0.717) is 0 Å². The van der Waals surface area contributed by atoms with Crippen LogP contribution in [-0.4, -0.2) is 37.2 Å². The summed E-state index contributed by atoms with van der Waals surface area (Å²) in [6, 6.07) is 0.147. The molecule has 0 radical (unpaired) electrons. The maximum absolute atomic E-state index is 13.1. The fourth-order valence-electron chi connectivity index (χ4n) is 0.916. The Balaban J connectivity index is 3.81. The highest BCUT2D eigenvalue weighted by atomic mass is 32.2. The van der Waals surface area contributed by atoms with Crippen molar-refractivity contribution in [3.63, 3.8) is 0 Å². The summed E-state index contributed by atoms with van der Waals surface area (Å²) in [6.07, 6.45) is -0.265. The van der Waals surface area contributed by atoms with Crippen LogP contribution in [0.2, 0.25) is 0 Å². The van der Waals surface area contributed by atoms with Crippen LogP contribution >= 0.6 is 0 Å². The van der Waals surface area contributed by atoms with E-state index in [2.05, 4.69) is 4.98 Å². The van der Waals surface area contributed by atoms with E-state index in [9.17, 15) is 26.0 Å². The summed E-state index contributed by atoms with van der Waals surface area (Å²) in [7, 11) is -10.1. The lowest BCUT2D eigenvalue weighted by Crippen LogP contribution is -2.12. The van der Waals surface area contributed by atoms with Gasteiger partial charge in [0.05, 0.1) is 5.56 Å². The minimum absolute atomic E-state index is 0.147. The van der Waals surface area contributed by atoms with Crippen LogP contribution in [0.15, 0.2) is 16.1 Å². The zero-order chi connectivity index (χ0) is 13.4. The number of hydrogen-bond donors (Lipinski definition) is 2. The largest absolute Gasteiger partial charge is 0.313 e. The van der Waals surface area contributed by atoms with Crippen LogP contribution in [0.25, 0.3) is 0 Å². The molecule has 0 saturated heterocycles. The Labute approximate surface area is 94.6 Å². The van der Waals surface area contributed by atoms with E-state index in [0.717, 1.165) is 0 Å². The zero-order valence-electron chi connectivity index (χ0n) is 7.73. The predicted octanol–water partition coefficient (Wildman–Crippen LogP) is -0.473. The normalized spacial score (nSPS) is 12.4. The van der Waals surface area contributed by atoms with Crippen LogP contribution in [0.4, 0.5) is 4.39 Å². The molecule has 0 aromatic carbocycles. The minimum Gasteiger partial charge on any atom is -0.298 e. The molecule has 0 fully saturated rings. The second kappa shape index (κ2) is 4.10. The van der Waals surface area contributed by atoms with Crippen LogP contribution in [-0.2, 0) is 20.2 Å². The maximum Gasteiger partial charge on any atom is 0.313 e. The smallest absolute Gasteiger partial charge is 0.298 e. The Morgan fingerprint density at radius 2 is 1.71 bits per heavy atom. The lowest BCUT2D eigenvalue weighted by Gasteiger charge is -2.03. The molecule has 8 nitrogen and oxygen atoms in total. The van der Waals surface area contributed by atoms with Gasteiger partial charge in [-0.25, -0.2) is 9.37 Å². The van der Waals surface area contributed by atoms with Crippen LogP contribution in [0.5, 0.6) is 0 Å². The highest BCUT2D eigenvalue weighted by Crippen LogP contribution is 2.18. The number of nitrogens with zero attached hydrogens (tertiary/aromatic N) is 1. The molecule has 94 valence electrons. The van der Waals surface area contributed by atoms with Gasteiger partial charge < -0.3 is 0 Å². The number of aldehydes is 1. The van der Waals surface area contributed by atoms with Gasteiger partial charge in [0.1, 0.15) is 5.82 Å². The van der Waals surface area contributed by atoms with Gasteiger partial charge in [-0.1, -0.05) is 0 Å². The number of carbonyl (C=O) groups is 1.